The highest BCUT2D eigenvalue weighted by Crippen LogP contribution is 2.07. The van der Waals surface area contributed by atoms with Crippen LogP contribution in [0.5, 0.6) is 0 Å². The summed E-state index contributed by atoms with van der Waals surface area (Å²) < 4.78 is 0. The standard InChI is InChI=1S/C11H15N3O3/c15-9-3-4-10(16)14(9)8-5-12-11(17)13-6-1-2-7-13/h3-4H,1-2,5-8H2,(H,12,17). The Morgan fingerprint density at radius 3 is 2.35 bits per heavy atom. The lowest BCUT2D eigenvalue weighted by atomic mass is 10.4. The van der Waals surface area contributed by atoms with Crippen molar-refractivity contribution in [2.75, 3.05) is 26.2 Å². The van der Waals surface area contributed by atoms with Crippen LogP contribution in [-0.2, 0) is 9.59 Å². The van der Waals surface area contributed by atoms with Crippen molar-refractivity contribution >= 4 is 17.8 Å². The third-order valence-electron chi connectivity index (χ3n) is 2.91. The Hall–Kier alpha value is -1.85. The van der Waals surface area contributed by atoms with Gasteiger partial charge in [0.2, 0.25) is 0 Å². The Bertz CT molecular complexity index is 354. The highest BCUT2D eigenvalue weighted by Gasteiger charge is 2.23. The molecule has 6 nitrogen and oxygen atoms in total. The monoisotopic (exact) mass is 237 g/mol. The molecule has 1 saturated heterocycles. The fourth-order valence-electron chi connectivity index (χ4n) is 1.96. The topological polar surface area (TPSA) is 69.7 Å². The molecule has 2 aliphatic heterocycles. The molecular formula is C11H15N3O3. The zero-order chi connectivity index (χ0) is 12.3. The van der Waals surface area contributed by atoms with Crippen molar-refractivity contribution < 1.29 is 14.4 Å². The maximum atomic E-state index is 11.6. The second-order valence-corrected chi connectivity index (χ2v) is 4.09. The molecule has 2 aliphatic rings. The van der Waals surface area contributed by atoms with Gasteiger partial charge in [0, 0.05) is 38.3 Å². The van der Waals surface area contributed by atoms with E-state index in [9.17, 15) is 14.4 Å². The summed E-state index contributed by atoms with van der Waals surface area (Å²) in [6.45, 7) is 2.10. The van der Waals surface area contributed by atoms with E-state index in [-0.39, 0.29) is 24.4 Å². The molecule has 92 valence electrons. The lowest BCUT2D eigenvalue weighted by molar-refractivity contribution is -0.136. The summed E-state index contributed by atoms with van der Waals surface area (Å²) in [6.07, 6.45) is 4.57. The van der Waals surface area contributed by atoms with E-state index in [1.54, 1.807) is 4.90 Å². The number of amides is 4. The van der Waals surface area contributed by atoms with E-state index in [1.165, 1.54) is 12.2 Å². The minimum Gasteiger partial charge on any atom is -0.336 e. The number of hydrogen-bond acceptors (Lipinski definition) is 3. The molecule has 0 unspecified atom stereocenters. The van der Waals surface area contributed by atoms with Gasteiger partial charge in [-0.1, -0.05) is 0 Å². The van der Waals surface area contributed by atoms with Crippen molar-refractivity contribution in [3.8, 4) is 0 Å². The summed E-state index contributed by atoms with van der Waals surface area (Å²) in [4.78, 5) is 36.9. The maximum Gasteiger partial charge on any atom is 0.317 e. The van der Waals surface area contributed by atoms with Gasteiger partial charge in [-0.15, -0.1) is 0 Å². The molecule has 0 aromatic carbocycles. The number of nitrogens with zero attached hydrogens (tertiary/aromatic N) is 2. The van der Waals surface area contributed by atoms with Gasteiger partial charge in [0.05, 0.1) is 0 Å². The van der Waals surface area contributed by atoms with Gasteiger partial charge < -0.3 is 10.2 Å². The van der Waals surface area contributed by atoms with Gasteiger partial charge in [-0.3, -0.25) is 14.5 Å². The smallest absolute Gasteiger partial charge is 0.317 e. The predicted molar refractivity (Wildman–Crippen MR) is 60.1 cm³/mol. The molecule has 0 aromatic rings. The van der Waals surface area contributed by atoms with Crippen LogP contribution in [0.25, 0.3) is 0 Å². The normalized spacial score (nSPS) is 19.3. The molecule has 0 aromatic heterocycles. The van der Waals surface area contributed by atoms with Crippen molar-refractivity contribution in [3.63, 3.8) is 0 Å². The van der Waals surface area contributed by atoms with Gasteiger partial charge in [-0.2, -0.15) is 0 Å². The molecule has 0 saturated carbocycles. The number of hydrogen-bond donors (Lipinski definition) is 1. The summed E-state index contributed by atoms with van der Waals surface area (Å²) in [7, 11) is 0. The molecule has 17 heavy (non-hydrogen) atoms. The van der Waals surface area contributed by atoms with Crippen LogP contribution in [0, 0.1) is 0 Å². The van der Waals surface area contributed by atoms with Crippen molar-refractivity contribution in [2.24, 2.45) is 0 Å². The van der Waals surface area contributed by atoms with Gasteiger partial charge >= 0.3 is 6.03 Å². The quantitative estimate of drug-likeness (QED) is 0.686. The number of urea groups is 1. The van der Waals surface area contributed by atoms with Crippen molar-refractivity contribution in [1.29, 1.82) is 0 Å². The second-order valence-electron chi connectivity index (χ2n) is 4.09. The number of rotatable bonds is 3. The largest absolute Gasteiger partial charge is 0.336 e. The van der Waals surface area contributed by atoms with Crippen molar-refractivity contribution in [1.82, 2.24) is 15.1 Å². The first kappa shape index (κ1) is 11.6. The minimum absolute atomic E-state index is 0.116. The third-order valence-corrected chi connectivity index (χ3v) is 2.91. The predicted octanol–water partition coefficient (Wildman–Crippen LogP) is -0.283. The van der Waals surface area contributed by atoms with Crippen LogP contribution in [0.2, 0.25) is 0 Å². The van der Waals surface area contributed by atoms with Crippen LogP contribution < -0.4 is 5.32 Å². The molecule has 0 radical (unpaired) electrons. The molecule has 0 spiro atoms. The molecule has 2 rings (SSSR count). The van der Waals surface area contributed by atoms with E-state index in [0.717, 1.165) is 30.8 Å². The first-order valence-electron chi connectivity index (χ1n) is 5.75. The first-order valence-corrected chi connectivity index (χ1v) is 5.75. The van der Waals surface area contributed by atoms with Gasteiger partial charge in [0.25, 0.3) is 11.8 Å². The van der Waals surface area contributed by atoms with Gasteiger partial charge in [-0.05, 0) is 12.8 Å². The number of likely N-dealkylation sites (tertiary alicyclic amines) is 1. The molecule has 1 fully saturated rings. The molecular weight excluding hydrogens is 222 g/mol. The Kier molecular flexibility index (Phi) is 3.41. The van der Waals surface area contributed by atoms with Crippen LogP contribution in [0.1, 0.15) is 12.8 Å². The fourth-order valence-corrected chi connectivity index (χ4v) is 1.96. The molecule has 6 heteroatoms. The van der Waals surface area contributed by atoms with E-state index in [0.29, 0.717) is 6.54 Å². The Morgan fingerprint density at radius 2 is 1.76 bits per heavy atom. The molecule has 4 amide bonds. The van der Waals surface area contributed by atoms with Crippen LogP contribution in [0.15, 0.2) is 12.2 Å². The summed E-state index contributed by atoms with van der Waals surface area (Å²) in [5, 5.41) is 2.71. The van der Waals surface area contributed by atoms with Crippen LogP contribution >= 0.6 is 0 Å². The Labute approximate surface area is 99.2 Å². The molecule has 2 heterocycles. The van der Waals surface area contributed by atoms with Crippen molar-refractivity contribution in [3.05, 3.63) is 12.2 Å². The average molecular weight is 237 g/mol. The van der Waals surface area contributed by atoms with E-state index in [4.69, 9.17) is 0 Å². The lowest BCUT2D eigenvalue weighted by Gasteiger charge is -2.18. The molecule has 0 bridgehead atoms. The van der Waals surface area contributed by atoms with Crippen LogP contribution in [0.4, 0.5) is 4.79 Å². The summed E-state index contributed by atoms with van der Waals surface area (Å²) >= 11 is 0. The SMILES string of the molecule is O=C(NCCN1C(=O)C=CC1=O)N1CCCC1. The molecule has 0 atom stereocenters. The van der Waals surface area contributed by atoms with Gasteiger partial charge in [0.15, 0.2) is 0 Å². The highest BCUT2D eigenvalue weighted by molar-refractivity contribution is 6.12. The van der Waals surface area contributed by atoms with Crippen molar-refractivity contribution in [2.45, 2.75) is 12.8 Å². The van der Waals surface area contributed by atoms with Gasteiger partial charge in [-0.25, -0.2) is 4.79 Å². The lowest BCUT2D eigenvalue weighted by Crippen LogP contribution is -2.43. The highest BCUT2D eigenvalue weighted by atomic mass is 16.2. The Morgan fingerprint density at radius 1 is 1.18 bits per heavy atom. The third kappa shape index (κ3) is 2.64. The number of carbonyl (C=O) groups is 3. The van der Waals surface area contributed by atoms with E-state index in [2.05, 4.69) is 5.32 Å². The van der Waals surface area contributed by atoms with Gasteiger partial charge in [0.1, 0.15) is 0 Å². The molecule has 0 aliphatic carbocycles. The molecule has 1 N–H and O–H groups in total. The minimum atomic E-state index is -0.314. The zero-order valence-electron chi connectivity index (χ0n) is 9.52. The average Bonchev–Trinajstić information content (AvgIpc) is 2.93. The first-order chi connectivity index (χ1) is 8.18. The zero-order valence-corrected chi connectivity index (χ0v) is 9.52. The number of nitrogens with one attached hydrogen (secondary N) is 1. The number of carbonyl (C=O) groups excluding carboxylic acids is 3. The summed E-state index contributed by atoms with van der Waals surface area (Å²) in [5.74, 6) is -0.629. The Balaban J connectivity index is 1.70. The maximum absolute atomic E-state index is 11.6. The summed E-state index contributed by atoms with van der Waals surface area (Å²) in [6, 6.07) is -0.116. The fraction of sp³-hybridized carbons (Fsp3) is 0.545. The van der Waals surface area contributed by atoms with Crippen LogP contribution in [0.3, 0.4) is 0 Å². The van der Waals surface area contributed by atoms with E-state index >= 15 is 0 Å². The van der Waals surface area contributed by atoms with Crippen LogP contribution in [-0.4, -0.2) is 53.8 Å². The van der Waals surface area contributed by atoms with E-state index in [1.807, 2.05) is 0 Å². The number of imide groups is 1. The van der Waals surface area contributed by atoms with E-state index < -0.39 is 0 Å². The second kappa shape index (κ2) is 4.99. The summed E-state index contributed by atoms with van der Waals surface area (Å²) in [5.41, 5.74) is 0.